The highest BCUT2D eigenvalue weighted by atomic mass is 32.2. The lowest BCUT2D eigenvalue weighted by Crippen LogP contribution is -2.34. The Labute approximate surface area is 140 Å². The van der Waals surface area contributed by atoms with E-state index in [4.69, 9.17) is 14.7 Å². The molecule has 1 atom stereocenters. The minimum atomic E-state index is -3.91. The zero-order chi connectivity index (χ0) is 17.6. The van der Waals surface area contributed by atoms with Gasteiger partial charge in [0.05, 0.1) is 12.8 Å². The largest absolute Gasteiger partial charge is 0.465 e. The predicted octanol–water partition coefficient (Wildman–Crippen LogP) is 1.28. The first-order valence-electron chi connectivity index (χ1n) is 7.29. The summed E-state index contributed by atoms with van der Waals surface area (Å²) in [4.78, 5) is 15.6. The molecule has 0 aliphatic rings. The zero-order valence-electron chi connectivity index (χ0n) is 13.1. The number of nitrogens with zero attached hydrogens (tertiary/aromatic N) is 1. The molecule has 1 aromatic heterocycles. The van der Waals surface area contributed by atoms with Crippen LogP contribution in [0.5, 0.6) is 5.75 Å². The average Bonchev–Trinajstić information content (AvgIpc) is 2.57. The van der Waals surface area contributed by atoms with Crippen molar-refractivity contribution in [2.75, 3.05) is 6.61 Å². The van der Waals surface area contributed by atoms with Crippen molar-refractivity contribution in [3.05, 3.63) is 54.4 Å². The molecular weight excluding hydrogens is 332 g/mol. The van der Waals surface area contributed by atoms with Gasteiger partial charge in [-0.2, -0.15) is 8.42 Å². The summed E-state index contributed by atoms with van der Waals surface area (Å²) in [6.07, 6.45) is 1.46. The van der Waals surface area contributed by atoms with Crippen molar-refractivity contribution in [2.24, 2.45) is 5.73 Å². The minimum Gasteiger partial charge on any atom is -0.465 e. The van der Waals surface area contributed by atoms with Crippen LogP contribution in [-0.2, 0) is 26.1 Å². The predicted molar refractivity (Wildman–Crippen MR) is 86.8 cm³/mol. The van der Waals surface area contributed by atoms with E-state index in [9.17, 15) is 13.2 Å². The molecule has 0 bridgehead atoms. The number of esters is 1. The van der Waals surface area contributed by atoms with E-state index >= 15 is 0 Å². The van der Waals surface area contributed by atoms with Crippen molar-refractivity contribution in [2.45, 2.75) is 24.3 Å². The zero-order valence-corrected chi connectivity index (χ0v) is 13.9. The highest BCUT2D eigenvalue weighted by molar-refractivity contribution is 7.87. The van der Waals surface area contributed by atoms with Crippen LogP contribution in [0.3, 0.4) is 0 Å². The normalized spacial score (nSPS) is 12.4. The maximum Gasteiger partial charge on any atom is 0.339 e. The van der Waals surface area contributed by atoms with Gasteiger partial charge in [-0.1, -0.05) is 18.2 Å². The Morgan fingerprint density at radius 3 is 2.50 bits per heavy atom. The molecule has 0 amide bonds. The number of carbonyl (C=O) groups is 1. The number of carbonyl (C=O) groups excluding carboxylic acids is 1. The van der Waals surface area contributed by atoms with Crippen LogP contribution in [-0.4, -0.2) is 32.0 Å². The molecule has 2 aromatic rings. The molecule has 24 heavy (non-hydrogen) atoms. The van der Waals surface area contributed by atoms with Crippen molar-refractivity contribution in [3.63, 3.8) is 0 Å². The molecular formula is C16H18N2O5S. The second-order valence-corrected chi connectivity index (χ2v) is 6.44. The molecule has 2 rings (SSSR count). The lowest BCUT2D eigenvalue weighted by molar-refractivity contribution is -0.144. The van der Waals surface area contributed by atoms with Gasteiger partial charge in [0, 0.05) is 12.1 Å². The molecule has 0 spiro atoms. The molecule has 0 saturated carbocycles. The van der Waals surface area contributed by atoms with Crippen molar-refractivity contribution in [1.82, 2.24) is 4.98 Å². The van der Waals surface area contributed by atoms with Gasteiger partial charge < -0.3 is 14.7 Å². The van der Waals surface area contributed by atoms with E-state index in [1.54, 1.807) is 31.2 Å². The highest BCUT2D eigenvalue weighted by Gasteiger charge is 2.18. The number of hydrogen-bond acceptors (Lipinski definition) is 7. The van der Waals surface area contributed by atoms with Crippen LogP contribution in [0.2, 0.25) is 0 Å². The standard InChI is InChI=1S/C16H18N2O5S/c1-2-22-16(19)15(17)10-12-8-9-13(11-18-12)23-24(20,21)14-6-4-3-5-7-14/h3-9,11,15H,2,10,17H2,1H3. The molecule has 1 unspecified atom stereocenters. The van der Waals surface area contributed by atoms with Crippen LogP contribution in [0.4, 0.5) is 0 Å². The maximum atomic E-state index is 12.1. The van der Waals surface area contributed by atoms with Crippen LogP contribution in [0.1, 0.15) is 12.6 Å². The molecule has 7 nitrogen and oxygen atoms in total. The molecule has 0 saturated heterocycles. The van der Waals surface area contributed by atoms with Crippen molar-refractivity contribution in [1.29, 1.82) is 0 Å². The van der Waals surface area contributed by atoms with Crippen LogP contribution in [0.25, 0.3) is 0 Å². The lowest BCUT2D eigenvalue weighted by atomic mass is 10.1. The molecule has 8 heteroatoms. The quantitative estimate of drug-likeness (QED) is 0.592. The van der Waals surface area contributed by atoms with Crippen molar-refractivity contribution < 1.29 is 22.1 Å². The molecule has 0 radical (unpaired) electrons. The van der Waals surface area contributed by atoms with Gasteiger partial charge in [-0.15, -0.1) is 0 Å². The first-order valence-corrected chi connectivity index (χ1v) is 8.70. The molecule has 0 aliphatic heterocycles. The third-order valence-corrected chi connectivity index (χ3v) is 4.32. The number of aromatic nitrogens is 1. The topological polar surface area (TPSA) is 109 Å². The fourth-order valence-corrected chi connectivity index (χ4v) is 2.84. The van der Waals surface area contributed by atoms with E-state index in [0.29, 0.717) is 5.69 Å². The Kier molecular flexibility index (Phi) is 5.88. The Balaban J connectivity index is 2.03. The van der Waals surface area contributed by atoms with Gasteiger partial charge in [0.15, 0.2) is 5.75 Å². The second-order valence-electron chi connectivity index (χ2n) is 4.90. The third kappa shape index (κ3) is 4.77. The van der Waals surface area contributed by atoms with E-state index in [0.717, 1.165) is 0 Å². The fraction of sp³-hybridized carbons (Fsp3) is 0.250. The van der Waals surface area contributed by atoms with Gasteiger partial charge in [0.2, 0.25) is 0 Å². The number of rotatable bonds is 7. The average molecular weight is 350 g/mol. The summed E-state index contributed by atoms with van der Waals surface area (Å²) in [6.45, 7) is 1.95. The molecule has 0 fully saturated rings. The monoisotopic (exact) mass is 350 g/mol. The molecule has 0 aliphatic carbocycles. The Morgan fingerprint density at radius 2 is 1.92 bits per heavy atom. The summed E-state index contributed by atoms with van der Waals surface area (Å²) < 4.78 is 34.0. The van der Waals surface area contributed by atoms with Crippen LogP contribution < -0.4 is 9.92 Å². The fourth-order valence-electron chi connectivity index (χ4n) is 1.90. The summed E-state index contributed by atoms with van der Waals surface area (Å²) >= 11 is 0. The summed E-state index contributed by atoms with van der Waals surface area (Å²) in [6, 6.07) is 9.99. The molecule has 1 aromatic carbocycles. The summed E-state index contributed by atoms with van der Waals surface area (Å²) in [5.41, 5.74) is 6.24. The molecule has 1 heterocycles. The van der Waals surface area contributed by atoms with E-state index < -0.39 is 22.1 Å². The van der Waals surface area contributed by atoms with E-state index in [2.05, 4.69) is 4.98 Å². The highest BCUT2D eigenvalue weighted by Crippen LogP contribution is 2.18. The second kappa shape index (κ2) is 7.89. The Morgan fingerprint density at radius 1 is 1.21 bits per heavy atom. The number of benzene rings is 1. The SMILES string of the molecule is CCOC(=O)C(N)Cc1ccc(OS(=O)(=O)c2ccccc2)cn1. The van der Waals surface area contributed by atoms with Crippen LogP contribution >= 0.6 is 0 Å². The smallest absolute Gasteiger partial charge is 0.339 e. The lowest BCUT2D eigenvalue weighted by Gasteiger charge is -2.10. The third-order valence-electron chi connectivity index (χ3n) is 3.05. The van der Waals surface area contributed by atoms with Crippen molar-refractivity contribution in [3.8, 4) is 5.75 Å². The van der Waals surface area contributed by atoms with Crippen molar-refractivity contribution >= 4 is 16.1 Å². The van der Waals surface area contributed by atoms with Gasteiger partial charge in [0.25, 0.3) is 0 Å². The summed E-state index contributed by atoms with van der Waals surface area (Å²) in [7, 11) is -3.91. The summed E-state index contributed by atoms with van der Waals surface area (Å²) in [5, 5.41) is 0. The molecule has 2 N–H and O–H groups in total. The minimum absolute atomic E-state index is 0.0541. The van der Waals surface area contributed by atoms with Gasteiger partial charge in [0.1, 0.15) is 10.9 Å². The van der Waals surface area contributed by atoms with E-state index in [1.807, 2.05) is 0 Å². The van der Waals surface area contributed by atoms with Crippen LogP contribution in [0.15, 0.2) is 53.6 Å². The molecule has 128 valence electrons. The van der Waals surface area contributed by atoms with Gasteiger partial charge in [-0.3, -0.25) is 9.78 Å². The van der Waals surface area contributed by atoms with Crippen LogP contribution in [0, 0.1) is 0 Å². The Hall–Kier alpha value is -2.45. The maximum absolute atomic E-state index is 12.1. The van der Waals surface area contributed by atoms with E-state index in [1.165, 1.54) is 24.4 Å². The van der Waals surface area contributed by atoms with E-state index in [-0.39, 0.29) is 23.7 Å². The number of ether oxygens (including phenoxy) is 1. The van der Waals surface area contributed by atoms with Gasteiger partial charge in [-0.25, -0.2) is 0 Å². The Bertz CT molecular complexity index is 776. The number of pyridine rings is 1. The van der Waals surface area contributed by atoms with Gasteiger partial charge in [-0.05, 0) is 31.2 Å². The summed E-state index contributed by atoms with van der Waals surface area (Å²) in [5.74, 6) is -0.432. The number of nitrogens with two attached hydrogens (primary N) is 1. The first-order chi connectivity index (χ1) is 11.4. The number of hydrogen-bond donors (Lipinski definition) is 1. The van der Waals surface area contributed by atoms with Gasteiger partial charge >= 0.3 is 16.1 Å². The first kappa shape index (κ1) is 17.9.